The Labute approximate surface area is 244 Å². The molecule has 12 nitrogen and oxygen atoms in total. The summed E-state index contributed by atoms with van der Waals surface area (Å²) in [5.41, 5.74) is -3.67. The Kier molecular flexibility index (Phi) is 17.0. The van der Waals surface area contributed by atoms with Crippen molar-refractivity contribution in [3.05, 3.63) is 69.8 Å². The number of hydrogen-bond acceptors (Lipinski definition) is 12. The van der Waals surface area contributed by atoms with Gasteiger partial charge in [0.15, 0.2) is 0 Å². The van der Waals surface area contributed by atoms with Crippen LogP contribution in [0.2, 0.25) is 0 Å². The number of carbonyl (C=O) groups excluding carboxylic acids is 6. The van der Waals surface area contributed by atoms with Crippen LogP contribution >= 0.6 is 0 Å². The third-order valence-electron chi connectivity index (χ3n) is 3.39. The summed E-state index contributed by atoms with van der Waals surface area (Å²) in [6, 6.07) is 4.74. The van der Waals surface area contributed by atoms with E-state index in [-0.39, 0.29) is 81.9 Å². The number of carboxylic acid groups (broad SMARTS) is 6. The van der Waals surface area contributed by atoms with Gasteiger partial charge in [0, 0.05) is 22.3 Å². The van der Waals surface area contributed by atoms with Crippen molar-refractivity contribution in [3.63, 3.8) is 0 Å². The van der Waals surface area contributed by atoms with E-state index in [1.54, 1.807) is 0 Å². The second kappa shape index (κ2) is 15.8. The van der Waals surface area contributed by atoms with Gasteiger partial charge in [-0.25, -0.2) is 0 Å². The molecule has 0 aliphatic carbocycles. The Morgan fingerprint density at radius 1 is 0.394 bits per heavy atom. The number of rotatable bonds is 6. The molecule has 0 bridgehead atoms. The Morgan fingerprint density at radius 3 is 0.818 bits per heavy atom. The van der Waals surface area contributed by atoms with Crippen molar-refractivity contribution in [1.29, 1.82) is 0 Å². The molecule has 2 aromatic rings. The summed E-state index contributed by atoms with van der Waals surface area (Å²) >= 11 is 0. The van der Waals surface area contributed by atoms with Gasteiger partial charge in [-0.3, -0.25) is 0 Å². The number of carboxylic acids is 6. The van der Waals surface area contributed by atoms with E-state index < -0.39 is 69.2 Å². The number of carbonyl (C=O) groups is 6. The summed E-state index contributed by atoms with van der Waals surface area (Å²) < 4.78 is 0. The van der Waals surface area contributed by atoms with Crippen LogP contribution in [-0.4, -0.2) is 118 Å². The number of hydrogen-bond donors (Lipinski definition) is 0. The molecule has 0 unspecified atom stereocenters. The molecular formula is C18H6O12Pb3. The maximum absolute atomic E-state index is 10.5. The average molecular weight is 1040 g/mol. The van der Waals surface area contributed by atoms with Crippen LogP contribution in [0.3, 0.4) is 0 Å². The monoisotopic (exact) mass is 1040 g/mol. The van der Waals surface area contributed by atoms with Gasteiger partial charge < -0.3 is 59.4 Å². The van der Waals surface area contributed by atoms with Crippen molar-refractivity contribution in [1.82, 2.24) is 0 Å². The van der Waals surface area contributed by atoms with Crippen molar-refractivity contribution in [2.24, 2.45) is 0 Å². The first-order chi connectivity index (χ1) is 13.9. The molecular weight excluding hydrogens is 1030 g/mol. The fourth-order valence-corrected chi connectivity index (χ4v) is 2.04. The van der Waals surface area contributed by atoms with E-state index in [4.69, 9.17) is 0 Å². The minimum Gasteiger partial charge on any atom is -0.545 e. The topological polar surface area (TPSA) is 241 Å². The molecule has 2 rings (SSSR count). The first kappa shape index (κ1) is 35.6. The third-order valence-corrected chi connectivity index (χ3v) is 3.39. The minimum absolute atomic E-state index is 0. The molecule has 0 heterocycles. The molecule has 0 N–H and O–H groups in total. The van der Waals surface area contributed by atoms with Crippen LogP contribution in [-0.2, 0) is 0 Å². The predicted octanol–water partition coefficient (Wildman–Crippen LogP) is -7.59. The SMILES string of the molecule is O=C([O-])c1ccc(C(=O)[O-])c(C(=O)[O-])c1.O=C([O-])c1ccc(C(=O)[O-])c(C(=O)[O-])c1.[Pb+2].[Pb+2].[Pb+2]. The second-order valence-corrected chi connectivity index (χ2v) is 5.25. The fourth-order valence-electron chi connectivity index (χ4n) is 2.04. The summed E-state index contributed by atoms with van der Waals surface area (Å²) in [5.74, 6) is -10.3. The Bertz CT molecular complexity index is 996. The number of benzene rings is 2. The minimum atomic E-state index is -1.79. The Balaban J connectivity index is -0.000000500. The maximum atomic E-state index is 10.5. The zero-order chi connectivity index (χ0) is 23.2. The van der Waals surface area contributed by atoms with Crippen molar-refractivity contribution in [3.8, 4) is 0 Å². The quantitative estimate of drug-likeness (QED) is 0.245. The average Bonchev–Trinajstić information content (AvgIpc) is 2.67. The van der Waals surface area contributed by atoms with Gasteiger partial charge in [0.2, 0.25) is 0 Å². The Hall–Kier alpha value is -1.97. The molecule has 0 saturated heterocycles. The van der Waals surface area contributed by atoms with Crippen LogP contribution in [0.1, 0.15) is 62.1 Å². The summed E-state index contributed by atoms with van der Waals surface area (Å²) in [6.45, 7) is 0. The molecule has 0 aliphatic rings. The van der Waals surface area contributed by atoms with Gasteiger partial charge in [0.05, 0.1) is 35.8 Å². The van der Waals surface area contributed by atoms with E-state index >= 15 is 0 Å². The van der Waals surface area contributed by atoms with E-state index in [1.165, 1.54) is 0 Å². The van der Waals surface area contributed by atoms with Gasteiger partial charge in [-0.15, -0.1) is 0 Å². The van der Waals surface area contributed by atoms with Gasteiger partial charge in [-0.2, -0.15) is 0 Å². The normalized spacial score (nSPS) is 8.73. The molecule has 2 aromatic carbocycles. The molecule has 6 radical (unpaired) electrons. The van der Waals surface area contributed by atoms with Crippen LogP contribution in [0.25, 0.3) is 0 Å². The first-order valence-corrected chi connectivity index (χ1v) is 7.43. The van der Waals surface area contributed by atoms with E-state index in [9.17, 15) is 59.4 Å². The standard InChI is InChI=1S/2C9H6O6.3Pb/c2*10-7(11)4-1-2-5(8(12)13)6(3-4)9(14)15;;;/h2*1-3H,(H,10,11)(H,12,13)(H,14,15);;;/q;;3*+2/p-6. The summed E-state index contributed by atoms with van der Waals surface area (Å²) in [4.78, 5) is 62.6. The molecule has 33 heavy (non-hydrogen) atoms. The number of aromatic carboxylic acids is 6. The fraction of sp³-hybridized carbons (Fsp3) is 0. The Morgan fingerprint density at radius 2 is 0.636 bits per heavy atom. The molecule has 0 aliphatic heterocycles. The van der Waals surface area contributed by atoms with Gasteiger partial charge in [-0.05, 0) is 23.3 Å². The second-order valence-electron chi connectivity index (χ2n) is 5.25. The van der Waals surface area contributed by atoms with E-state index in [0.717, 1.165) is 24.3 Å². The predicted molar refractivity (Wildman–Crippen MR) is 96.1 cm³/mol. The molecule has 0 aromatic heterocycles. The van der Waals surface area contributed by atoms with E-state index in [0.29, 0.717) is 12.1 Å². The van der Waals surface area contributed by atoms with Crippen molar-refractivity contribution in [2.75, 3.05) is 0 Å². The summed E-state index contributed by atoms with van der Waals surface area (Å²) in [7, 11) is 0. The summed E-state index contributed by atoms with van der Waals surface area (Å²) in [6.07, 6.45) is 0. The van der Waals surface area contributed by atoms with Gasteiger partial charge in [-0.1, -0.05) is 24.3 Å². The van der Waals surface area contributed by atoms with Gasteiger partial charge in [0.1, 0.15) is 0 Å². The molecule has 0 fully saturated rings. The van der Waals surface area contributed by atoms with Gasteiger partial charge >= 0.3 is 81.9 Å². The molecule has 0 atom stereocenters. The van der Waals surface area contributed by atoms with Crippen LogP contribution in [0.5, 0.6) is 0 Å². The maximum Gasteiger partial charge on any atom is 2.00 e. The van der Waals surface area contributed by atoms with Crippen molar-refractivity contribution in [2.45, 2.75) is 0 Å². The molecule has 162 valence electrons. The molecule has 0 amide bonds. The molecule has 0 spiro atoms. The van der Waals surface area contributed by atoms with Crippen molar-refractivity contribution < 1.29 is 59.4 Å². The zero-order valence-electron chi connectivity index (χ0n) is 15.9. The van der Waals surface area contributed by atoms with Gasteiger partial charge in [0.25, 0.3) is 0 Å². The molecule has 15 heteroatoms. The summed E-state index contributed by atoms with van der Waals surface area (Å²) in [5, 5.41) is 62.6. The van der Waals surface area contributed by atoms with Crippen LogP contribution in [0.4, 0.5) is 0 Å². The third kappa shape index (κ3) is 10.2. The largest absolute Gasteiger partial charge is 2.00 e. The van der Waals surface area contributed by atoms with Crippen molar-refractivity contribution >= 4 is 118 Å². The van der Waals surface area contributed by atoms with E-state index in [1.807, 2.05) is 0 Å². The van der Waals surface area contributed by atoms with Crippen LogP contribution in [0, 0.1) is 0 Å². The smallest absolute Gasteiger partial charge is 0.545 e. The zero-order valence-corrected chi connectivity index (χ0v) is 27.5. The molecule has 0 saturated carbocycles. The van der Waals surface area contributed by atoms with E-state index in [2.05, 4.69) is 0 Å². The van der Waals surface area contributed by atoms with Crippen LogP contribution < -0.4 is 30.6 Å². The van der Waals surface area contributed by atoms with Crippen LogP contribution in [0.15, 0.2) is 36.4 Å². The first-order valence-electron chi connectivity index (χ1n) is 7.43.